The molecule has 0 aliphatic heterocycles. The van der Waals surface area contributed by atoms with Crippen LogP contribution in [0.5, 0.6) is 0 Å². The first-order chi connectivity index (χ1) is 11.5. The molecule has 2 aromatic rings. The number of nitrogens with zero attached hydrogens (tertiary/aromatic N) is 2. The van der Waals surface area contributed by atoms with Gasteiger partial charge in [-0.25, -0.2) is 0 Å². The number of anilines is 2. The van der Waals surface area contributed by atoms with E-state index in [0.29, 0.717) is 6.04 Å². The molecule has 1 N–H and O–H groups in total. The molecule has 0 heterocycles. The number of likely N-dealkylation sites (N-methyl/N-ethyl adjacent to an activating group) is 2. The van der Waals surface area contributed by atoms with E-state index >= 15 is 0 Å². The van der Waals surface area contributed by atoms with E-state index in [4.69, 9.17) is 11.6 Å². The van der Waals surface area contributed by atoms with Gasteiger partial charge in [-0.05, 0) is 68.4 Å². The molecule has 0 aromatic heterocycles. The monoisotopic (exact) mass is 343 g/mol. The Labute approximate surface area is 150 Å². The van der Waals surface area contributed by atoms with Gasteiger partial charge in [0.05, 0.1) is 6.04 Å². The lowest BCUT2D eigenvalue weighted by Gasteiger charge is -2.23. The molecule has 0 saturated heterocycles. The number of fused-ring (bicyclic) bond motifs is 1. The number of hydrogen-bond acceptors (Lipinski definition) is 3. The number of nitrogens with one attached hydrogen (secondary N) is 1. The van der Waals surface area contributed by atoms with Gasteiger partial charge in [0.1, 0.15) is 0 Å². The smallest absolute Gasteiger partial charge is 0.0520 e. The minimum absolute atomic E-state index is 0.362. The second kappa shape index (κ2) is 7.45. The van der Waals surface area contributed by atoms with Crippen molar-refractivity contribution < 1.29 is 0 Å². The summed E-state index contributed by atoms with van der Waals surface area (Å²) >= 11 is 6.11. The molecule has 0 saturated carbocycles. The second-order valence-electron chi connectivity index (χ2n) is 6.85. The van der Waals surface area contributed by atoms with Crippen molar-refractivity contribution >= 4 is 23.0 Å². The van der Waals surface area contributed by atoms with Crippen LogP contribution in [-0.2, 0) is 6.42 Å². The summed E-state index contributed by atoms with van der Waals surface area (Å²) in [6.07, 6.45) is 2.27. The van der Waals surface area contributed by atoms with Crippen LogP contribution in [0.1, 0.15) is 23.6 Å². The van der Waals surface area contributed by atoms with E-state index in [1.165, 1.54) is 16.8 Å². The predicted molar refractivity (Wildman–Crippen MR) is 104 cm³/mol. The third-order valence-electron chi connectivity index (χ3n) is 4.70. The minimum Gasteiger partial charge on any atom is -0.378 e. The molecule has 1 aliphatic rings. The topological polar surface area (TPSA) is 18.5 Å². The Morgan fingerprint density at radius 1 is 1.08 bits per heavy atom. The highest BCUT2D eigenvalue weighted by Gasteiger charge is 2.23. The largest absolute Gasteiger partial charge is 0.378 e. The standard InChI is InChI=1S/C20H26ClN3/c1-23(2)11-12-24(3)18-9-7-15-8-10-20(19(15)14-18)22-17-6-4-5-16(21)13-17/h4-7,9,13-14,20,22H,8,10-12H2,1-3H3. The molecule has 4 heteroatoms. The summed E-state index contributed by atoms with van der Waals surface area (Å²) in [5.41, 5.74) is 5.26. The molecule has 1 unspecified atom stereocenters. The fourth-order valence-electron chi connectivity index (χ4n) is 3.24. The van der Waals surface area contributed by atoms with Crippen LogP contribution in [0.4, 0.5) is 11.4 Å². The van der Waals surface area contributed by atoms with Gasteiger partial charge >= 0.3 is 0 Å². The van der Waals surface area contributed by atoms with Crippen LogP contribution in [0, 0.1) is 0 Å². The van der Waals surface area contributed by atoms with Gasteiger partial charge in [0.15, 0.2) is 0 Å². The van der Waals surface area contributed by atoms with Crippen molar-refractivity contribution in [2.75, 3.05) is 44.4 Å². The number of aryl methyl sites for hydroxylation is 1. The number of rotatable bonds is 6. The van der Waals surface area contributed by atoms with Gasteiger partial charge in [0.2, 0.25) is 0 Å². The van der Waals surface area contributed by atoms with Crippen LogP contribution in [0.3, 0.4) is 0 Å². The van der Waals surface area contributed by atoms with E-state index < -0.39 is 0 Å². The summed E-state index contributed by atoms with van der Waals surface area (Å²) in [7, 11) is 6.39. The van der Waals surface area contributed by atoms with Crippen LogP contribution >= 0.6 is 11.6 Å². The zero-order valence-electron chi connectivity index (χ0n) is 14.7. The molecule has 24 heavy (non-hydrogen) atoms. The van der Waals surface area contributed by atoms with Crippen molar-refractivity contribution in [3.63, 3.8) is 0 Å². The lowest BCUT2D eigenvalue weighted by Crippen LogP contribution is -2.28. The Bertz CT molecular complexity index is 699. The maximum Gasteiger partial charge on any atom is 0.0520 e. The Morgan fingerprint density at radius 2 is 1.92 bits per heavy atom. The van der Waals surface area contributed by atoms with Crippen LogP contribution in [0.2, 0.25) is 5.02 Å². The van der Waals surface area contributed by atoms with Gasteiger partial charge in [-0.2, -0.15) is 0 Å². The third kappa shape index (κ3) is 4.03. The first kappa shape index (κ1) is 17.1. The van der Waals surface area contributed by atoms with E-state index in [9.17, 15) is 0 Å². The molecular weight excluding hydrogens is 318 g/mol. The molecular formula is C20H26ClN3. The molecule has 3 nitrogen and oxygen atoms in total. The molecule has 0 radical (unpaired) electrons. The highest BCUT2D eigenvalue weighted by Crippen LogP contribution is 2.36. The minimum atomic E-state index is 0.362. The molecule has 0 amide bonds. The van der Waals surface area contributed by atoms with Crippen molar-refractivity contribution in [3.05, 3.63) is 58.6 Å². The molecule has 0 fully saturated rings. The van der Waals surface area contributed by atoms with Gasteiger partial charge in [0.25, 0.3) is 0 Å². The molecule has 2 aromatic carbocycles. The molecule has 1 atom stereocenters. The van der Waals surface area contributed by atoms with Crippen molar-refractivity contribution in [1.82, 2.24) is 4.90 Å². The maximum atomic E-state index is 6.11. The Kier molecular flexibility index (Phi) is 5.32. The average molecular weight is 344 g/mol. The van der Waals surface area contributed by atoms with Crippen LogP contribution < -0.4 is 10.2 Å². The SMILES string of the molecule is CN(C)CCN(C)c1ccc2c(c1)C(Nc1cccc(Cl)c1)CC2. The van der Waals surface area contributed by atoms with E-state index in [1.807, 2.05) is 18.2 Å². The van der Waals surface area contributed by atoms with Gasteiger partial charge < -0.3 is 15.1 Å². The Morgan fingerprint density at radius 3 is 2.67 bits per heavy atom. The van der Waals surface area contributed by atoms with Gasteiger partial charge in [0, 0.05) is 36.5 Å². The number of halogens is 1. The number of hydrogen-bond donors (Lipinski definition) is 1. The number of benzene rings is 2. The highest BCUT2D eigenvalue weighted by molar-refractivity contribution is 6.30. The van der Waals surface area contributed by atoms with E-state index in [2.05, 4.69) is 60.5 Å². The third-order valence-corrected chi connectivity index (χ3v) is 4.93. The molecule has 0 spiro atoms. The maximum absolute atomic E-state index is 6.11. The average Bonchev–Trinajstić information content (AvgIpc) is 2.95. The summed E-state index contributed by atoms with van der Waals surface area (Å²) < 4.78 is 0. The summed E-state index contributed by atoms with van der Waals surface area (Å²) in [6.45, 7) is 2.08. The van der Waals surface area contributed by atoms with Crippen molar-refractivity contribution in [1.29, 1.82) is 0 Å². The summed E-state index contributed by atoms with van der Waals surface area (Å²) in [6, 6.07) is 15.2. The first-order valence-corrected chi connectivity index (χ1v) is 8.91. The van der Waals surface area contributed by atoms with Gasteiger partial charge in [-0.1, -0.05) is 23.7 Å². The van der Waals surface area contributed by atoms with E-state index in [0.717, 1.165) is 36.6 Å². The summed E-state index contributed by atoms with van der Waals surface area (Å²) in [4.78, 5) is 4.54. The predicted octanol–water partition coefficient (Wildman–Crippen LogP) is 4.44. The quantitative estimate of drug-likeness (QED) is 0.836. The van der Waals surface area contributed by atoms with E-state index in [-0.39, 0.29) is 0 Å². The van der Waals surface area contributed by atoms with E-state index in [1.54, 1.807) is 0 Å². The van der Waals surface area contributed by atoms with Crippen LogP contribution in [0.25, 0.3) is 0 Å². The first-order valence-electron chi connectivity index (χ1n) is 8.54. The zero-order valence-corrected chi connectivity index (χ0v) is 15.5. The zero-order chi connectivity index (χ0) is 17.1. The summed E-state index contributed by atoms with van der Waals surface area (Å²) in [5, 5.41) is 4.42. The van der Waals surface area contributed by atoms with Crippen LogP contribution in [0.15, 0.2) is 42.5 Å². The van der Waals surface area contributed by atoms with Crippen molar-refractivity contribution in [2.45, 2.75) is 18.9 Å². The second-order valence-corrected chi connectivity index (χ2v) is 7.29. The Hall–Kier alpha value is -1.71. The fourth-order valence-corrected chi connectivity index (χ4v) is 3.43. The lowest BCUT2D eigenvalue weighted by atomic mass is 10.1. The van der Waals surface area contributed by atoms with Crippen LogP contribution in [-0.4, -0.2) is 39.1 Å². The lowest BCUT2D eigenvalue weighted by molar-refractivity contribution is 0.416. The summed E-state index contributed by atoms with van der Waals surface area (Å²) in [5.74, 6) is 0. The molecule has 0 bridgehead atoms. The van der Waals surface area contributed by atoms with Crippen molar-refractivity contribution in [2.24, 2.45) is 0 Å². The molecule has 128 valence electrons. The van der Waals surface area contributed by atoms with Gasteiger partial charge in [-0.3, -0.25) is 0 Å². The van der Waals surface area contributed by atoms with Gasteiger partial charge in [-0.15, -0.1) is 0 Å². The van der Waals surface area contributed by atoms with Crippen molar-refractivity contribution in [3.8, 4) is 0 Å². The highest BCUT2D eigenvalue weighted by atomic mass is 35.5. The fraction of sp³-hybridized carbons (Fsp3) is 0.400. The molecule has 1 aliphatic carbocycles. The molecule has 3 rings (SSSR count). The Balaban J connectivity index is 1.75. The normalized spacial score (nSPS) is 16.3.